The van der Waals surface area contributed by atoms with E-state index in [-0.39, 0.29) is 11.4 Å². The van der Waals surface area contributed by atoms with Gasteiger partial charge in [-0.1, -0.05) is 0 Å². The third kappa shape index (κ3) is 3.58. The highest BCUT2D eigenvalue weighted by Gasteiger charge is 2.15. The Morgan fingerprint density at radius 2 is 1.85 bits per heavy atom. The molecule has 2 N–H and O–H groups in total. The molecule has 7 heteroatoms. The number of nitrogens with one attached hydrogen (secondary N) is 2. The number of carbonyl (C=O) groups excluding carboxylic acids is 1. The second-order valence-corrected chi connectivity index (χ2v) is 6.09. The summed E-state index contributed by atoms with van der Waals surface area (Å²) >= 11 is 0. The largest absolute Gasteiger partial charge is 0.493 e. The maximum atomic E-state index is 13.9. The Morgan fingerprint density at radius 3 is 2.56 bits per heavy atom. The summed E-state index contributed by atoms with van der Waals surface area (Å²) in [5.41, 5.74) is 2.18. The van der Waals surface area contributed by atoms with Gasteiger partial charge >= 0.3 is 0 Å². The quantitative estimate of drug-likeness (QED) is 0.691. The van der Waals surface area contributed by atoms with Crippen molar-refractivity contribution in [2.75, 3.05) is 20.8 Å². The number of ether oxygens (including phenoxy) is 2. The molecule has 0 saturated heterocycles. The minimum absolute atomic E-state index is 0.147. The van der Waals surface area contributed by atoms with Crippen LogP contribution in [0.4, 0.5) is 8.78 Å². The number of hydrogen-bond donors (Lipinski definition) is 2. The van der Waals surface area contributed by atoms with Gasteiger partial charge in [0, 0.05) is 23.2 Å². The number of halogens is 2. The van der Waals surface area contributed by atoms with E-state index in [9.17, 15) is 13.6 Å². The zero-order valence-electron chi connectivity index (χ0n) is 15.3. The molecule has 0 aliphatic heterocycles. The Hall–Kier alpha value is -3.09. The van der Waals surface area contributed by atoms with E-state index >= 15 is 0 Å². The van der Waals surface area contributed by atoms with Gasteiger partial charge in [0.25, 0.3) is 5.91 Å². The number of rotatable bonds is 6. The molecular formula is C20H20F2N2O3. The van der Waals surface area contributed by atoms with Crippen LogP contribution in [-0.2, 0) is 6.42 Å². The van der Waals surface area contributed by atoms with Gasteiger partial charge in [-0.05, 0) is 49.2 Å². The number of fused-ring (bicyclic) bond motifs is 1. The van der Waals surface area contributed by atoms with Crippen LogP contribution in [0.2, 0.25) is 0 Å². The maximum absolute atomic E-state index is 13.9. The number of amides is 1. The summed E-state index contributed by atoms with van der Waals surface area (Å²) in [7, 11) is 3.02. The second kappa shape index (κ2) is 7.65. The first-order valence-corrected chi connectivity index (χ1v) is 8.41. The first-order valence-electron chi connectivity index (χ1n) is 8.41. The van der Waals surface area contributed by atoms with Crippen LogP contribution in [-0.4, -0.2) is 31.7 Å². The molecule has 5 nitrogen and oxygen atoms in total. The van der Waals surface area contributed by atoms with Crippen molar-refractivity contribution in [3.63, 3.8) is 0 Å². The zero-order valence-corrected chi connectivity index (χ0v) is 15.3. The van der Waals surface area contributed by atoms with Gasteiger partial charge in [-0.3, -0.25) is 4.79 Å². The lowest BCUT2D eigenvalue weighted by atomic mass is 10.1. The van der Waals surface area contributed by atoms with Gasteiger partial charge in [0.15, 0.2) is 23.1 Å². The summed E-state index contributed by atoms with van der Waals surface area (Å²) in [6.07, 6.45) is 0.482. The van der Waals surface area contributed by atoms with E-state index < -0.39 is 11.6 Å². The van der Waals surface area contributed by atoms with Gasteiger partial charge < -0.3 is 19.8 Å². The molecule has 0 aliphatic carbocycles. The number of methoxy groups -OCH3 is 2. The number of aromatic amines is 1. The molecule has 0 unspecified atom stereocenters. The summed E-state index contributed by atoms with van der Waals surface area (Å²) in [5.74, 6) is -1.04. The minimum atomic E-state index is -0.892. The Balaban J connectivity index is 1.72. The molecule has 0 radical (unpaired) electrons. The smallest absolute Gasteiger partial charge is 0.251 e. The summed E-state index contributed by atoms with van der Waals surface area (Å²) < 4.78 is 37.6. The van der Waals surface area contributed by atoms with Crippen LogP contribution < -0.4 is 14.8 Å². The molecule has 1 heterocycles. The van der Waals surface area contributed by atoms with E-state index in [1.807, 2.05) is 0 Å². The van der Waals surface area contributed by atoms with Gasteiger partial charge in [-0.25, -0.2) is 8.78 Å². The highest BCUT2D eigenvalue weighted by Crippen LogP contribution is 2.28. The van der Waals surface area contributed by atoms with Crippen molar-refractivity contribution >= 4 is 16.8 Å². The van der Waals surface area contributed by atoms with Gasteiger partial charge in [0.2, 0.25) is 0 Å². The van der Waals surface area contributed by atoms with Crippen molar-refractivity contribution in [1.82, 2.24) is 10.3 Å². The number of aromatic nitrogens is 1. The third-order valence-corrected chi connectivity index (χ3v) is 4.49. The van der Waals surface area contributed by atoms with Crippen molar-refractivity contribution in [1.29, 1.82) is 0 Å². The second-order valence-electron chi connectivity index (χ2n) is 6.09. The fraction of sp³-hybridized carbons (Fsp3) is 0.250. The van der Waals surface area contributed by atoms with E-state index in [1.165, 1.54) is 14.2 Å². The molecule has 0 bridgehead atoms. The summed E-state index contributed by atoms with van der Waals surface area (Å²) in [6, 6.07) is 7.56. The van der Waals surface area contributed by atoms with E-state index in [4.69, 9.17) is 9.47 Å². The molecule has 2 aromatic carbocycles. The lowest BCUT2D eigenvalue weighted by Gasteiger charge is -2.10. The van der Waals surface area contributed by atoms with Gasteiger partial charge in [0.1, 0.15) is 0 Å². The topological polar surface area (TPSA) is 63.3 Å². The molecule has 1 aromatic heterocycles. The zero-order chi connectivity index (χ0) is 19.6. The lowest BCUT2D eigenvalue weighted by Crippen LogP contribution is -2.25. The lowest BCUT2D eigenvalue weighted by molar-refractivity contribution is 0.0953. The number of carbonyl (C=O) groups is 1. The standard InChI is InChI=1S/C20H20F2N2O3/c1-11-13(14-5-6-15(21)18(22)19(14)24-11)8-9-23-20(25)12-4-7-16(26-2)17(10-12)27-3/h4-7,10,24H,8-9H2,1-3H3,(H,23,25). The first-order chi connectivity index (χ1) is 13.0. The SMILES string of the molecule is COc1ccc(C(=O)NCCc2c(C)[nH]c3c(F)c(F)ccc23)cc1OC. The number of benzene rings is 2. The van der Waals surface area contributed by atoms with E-state index in [1.54, 1.807) is 31.2 Å². The van der Waals surface area contributed by atoms with Crippen LogP contribution in [0.1, 0.15) is 21.6 Å². The van der Waals surface area contributed by atoms with Gasteiger partial charge in [0.05, 0.1) is 19.7 Å². The summed E-state index contributed by atoms with van der Waals surface area (Å²) in [6.45, 7) is 2.14. The molecule has 0 spiro atoms. The molecular weight excluding hydrogens is 354 g/mol. The monoisotopic (exact) mass is 374 g/mol. The molecule has 0 saturated carbocycles. The fourth-order valence-corrected chi connectivity index (χ4v) is 3.09. The molecule has 0 atom stereocenters. The number of H-pyrrole nitrogens is 1. The molecule has 0 aliphatic rings. The Kier molecular flexibility index (Phi) is 5.30. The van der Waals surface area contributed by atoms with Crippen LogP contribution in [0.5, 0.6) is 11.5 Å². The Labute approximate surface area is 155 Å². The van der Waals surface area contributed by atoms with Crippen LogP contribution in [0, 0.1) is 18.6 Å². The number of hydrogen-bond acceptors (Lipinski definition) is 3. The van der Waals surface area contributed by atoms with Crippen molar-refractivity contribution < 1.29 is 23.0 Å². The van der Waals surface area contributed by atoms with E-state index in [2.05, 4.69) is 10.3 Å². The minimum Gasteiger partial charge on any atom is -0.493 e. The van der Waals surface area contributed by atoms with E-state index in [0.29, 0.717) is 35.4 Å². The third-order valence-electron chi connectivity index (χ3n) is 4.49. The molecule has 27 heavy (non-hydrogen) atoms. The maximum Gasteiger partial charge on any atom is 0.251 e. The highest BCUT2D eigenvalue weighted by atomic mass is 19.2. The van der Waals surface area contributed by atoms with Crippen molar-refractivity contribution in [3.05, 3.63) is 58.8 Å². The Bertz CT molecular complexity index is 999. The molecule has 1 amide bonds. The van der Waals surface area contributed by atoms with Crippen LogP contribution in [0.15, 0.2) is 30.3 Å². The normalized spacial score (nSPS) is 10.9. The predicted octanol–water partition coefficient (Wildman–Crippen LogP) is 3.74. The molecule has 142 valence electrons. The molecule has 3 aromatic rings. The van der Waals surface area contributed by atoms with Crippen molar-refractivity contribution in [2.45, 2.75) is 13.3 Å². The Morgan fingerprint density at radius 1 is 1.11 bits per heavy atom. The molecule has 0 fully saturated rings. The number of aryl methyl sites for hydroxylation is 1. The van der Waals surface area contributed by atoms with Gasteiger partial charge in [-0.2, -0.15) is 0 Å². The van der Waals surface area contributed by atoms with Gasteiger partial charge in [-0.15, -0.1) is 0 Å². The van der Waals surface area contributed by atoms with Crippen LogP contribution >= 0.6 is 0 Å². The first kappa shape index (κ1) is 18.7. The highest BCUT2D eigenvalue weighted by molar-refractivity contribution is 5.95. The van der Waals surface area contributed by atoms with Crippen LogP contribution in [0.3, 0.4) is 0 Å². The van der Waals surface area contributed by atoms with Crippen molar-refractivity contribution in [2.24, 2.45) is 0 Å². The van der Waals surface area contributed by atoms with Crippen molar-refractivity contribution in [3.8, 4) is 11.5 Å². The van der Waals surface area contributed by atoms with Crippen LogP contribution in [0.25, 0.3) is 10.9 Å². The predicted molar refractivity (Wildman–Crippen MR) is 98.5 cm³/mol. The summed E-state index contributed by atoms with van der Waals surface area (Å²) in [5, 5.41) is 3.44. The fourth-order valence-electron chi connectivity index (χ4n) is 3.09. The summed E-state index contributed by atoms with van der Waals surface area (Å²) in [4.78, 5) is 15.2. The average molecular weight is 374 g/mol. The average Bonchev–Trinajstić information content (AvgIpc) is 3.00. The molecule has 3 rings (SSSR count). The van der Waals surface area contributed by atoms with E-state index in [0.717, 1.165) is 17.3 Å².